The topological polar surface area (TPSA) is 70.2 Å². The normalized spacial score (nSPS) is 11.0. The van der Waals surface area contributed by atoms with Crippen LogP contribution in [0.15, 0.2) is 66.7 Å². The van der Waals surface area contributed by atoms with Gasteiger partial charge in [-0.05, 0) is 54.6 Å². The smallest absolute Gasteiger partial charge is 0.375 e. The van der Waals surface area contributed by atoms with E-state index in [-0.39, 0.29) is 17.8 Å². The summed E-state index contributed by atoms with van der Waals surface area (Å²) in [4.78, 5) is 24.7. The maximum atomic E-state index is 12.8. The average Bonchev–Trinajstić information content (AvgIpc) is 2.74. The summed E-state index contributed by atoms with van der Waals surface area (Å²) < 4.78 is 38.5. The Morgan fingerprint density at radius 3 is 2.25 bits per heavy atom. The molecular formula is C22H16Cl2F3N3O2. The number of carbonyl (C=O) groups is 2. The van der Waals surface area contributed by atoms with Gasteiger partial charge in [0, 0.05) is 22.0 Å². The molecular weight excluding hydrogens is 466 g/mol. The van der Waals surface area contributed by atoms with Gasteiger partial charge in [0.15, 0.2) is 0 Å². The van der Waals surface area contributed by atoms with Crippen molar-refractivity contribution in [3.05, 3.63) is 87.9 Å². The van der Waals surface area contributed by atoms with Gasteiger partial charge in [0.1, 0.15) is 0 Å². The van der Waals surface area contributed by atoms with E-state index >= 15 is 0 Å². The first-order chi connectivity index (χ1) is 15.1. The maximum absolute atomic E-state index is 12.8. The number of halogens is 5. The third-order valence-electron chi connectivity index (χ3n) is 4.22. The van der Waals surface area contributed by atoms with E-state index in [2.05, 4.69) is 16.0 Å². The lowest BCUT2D eigenvalue weighted by atomic mass is 10.1. The summed E-state index contributed by atoms with van der Waals surface area (Å²) >= 11 is 11.9. The molecule has 166 valence electrons. The van der Waals surface area contributed by atoms with E-state index in [1.807, 2.05) is 0 Å². The lowest BCUT2D eigenvalue weighted by Crippen LogP contribution is -2.22. The summed E-state index contributed by atoms with van der Waals surface area (Å²) in [5, 5.41) is 8.76. The summed E-state index contributed by atoms with van der Waals surface area (Å²) in [6.07, 6.45) is -4.52. The molecule has 0 bridgehead atoms. The third-order valence-corrected chi connectivity index (χ3v) is 4.79. The van der Waals surface area contributed by atoms with Crippen LogP contribution in [0.1, 0.15) is 15.9 Å². The lowest BCUT2D eigenvalue weighted by molar-refractivity contribution is -0.137. The Labute approximate surface area is 191 Å². The number of anilines is 3. The molecule has 0 saturated carbocycles. The second-order valence-electron chi connectivity index (χ2n) is 6.64. The molecule has 3 N–H and O–H groups in total. The number of nitrogens with one attached hydrogen (secondary N) is 3. The number of hydrogen-bond donors (Lipinski definition) is 3. The second-order valence-corrected chi connectivity index (χ2v) is 7.48. The van der Waals surface area contributed by atoms with E-state index in [1.54, 1.807) is 24.3 Å². The highest BCUT2D eigenvalue weighted by atomic mass is 35.5. The molecule has 0 fully saturated rings. The summed E-state index contributed by atoms with van der Waals surface area (Å²) in [6.45, 7) is -0.110. The van der Waals surface area contributed by atoms with Crippen LogP contribution >= 0.6 is 23.2 Å². The van der Waals surface area contributed by atoms with E-state index in [0.717, 1.165) is 12.1 Å². The molecule has 3 rings (SSSR count). The van der Waals surface area contributed by atoms with E-state index in [1.165, 1.54) is 30.3 Å². The Bertz CT molecular complexity index is 1150. The van der Waals surface area contributed by atoms with E-state index in [9.17, 15) is 22.8 Å². The van der Waals surface area contributed by atoms with Crippen LogP contribution in [0.25, 0.3) is 0 Å². The van der Waals surface area contributed by atoms with Gasteiger partial charge < -0.3 is 16.0 Å². The Morgan fingerprint density at radius 2 is 1.53 bits per heavy atom. The van der Waals surface area contributed by atoms with Crippen LogP contribution in [0, 0.1) is 0 Å². The zero-order chi connectivity index (χ0) is 23.3. The van der Waals surface area contributed by atoms with Crippen molar-refractivity contribution in [3.8, 4) is 0 Å². The zero-order valence-electron chi connectivity index (χ0n) is 16.3. The summed E-state index contributed by atoms with van der Waals surface area (Å²) in [6, 6.07) is 15.1. The van der Waals surface area contributed by atoms with Crippen LogP contribution in [-0.4, -0.2) is 18.4 Å². The van der Waals surface area contributed by atoms with Crippen molar-refractivity contribution in [2.75, 3.05) is 22.5 Å². The van der Waals surface area contributed by atoms with Gasteiger partial charge in [0.05, 0.1) is 22.8 Å². The minimum Gasteiger partial charge on any atom is -0.375 e. The van der Waals surface area contributed by atoms with Crippen LogP contribution in [0.2, 0.25) is 10.0 Å². The number of carbonyl (C=O) groups excluding carboxylic acids is 2. The third kappa shape index (κ3) is 6.38. The van der Waals surface area contributed by atoms with Gasteiger partial charge in [-0.1, -0.05) is 35.3 Å². The van der Waals surface area contributed by atoms with Gasteiger partial charge in [-0.25, -0.2) is 0 Å². The van der Waals surface area contributed by atoms with Gasteiger partial charge >= 0.3 is 6.18 Å². The molecule has 0 unspecified atom stereocenters. The minimum atomic E-state index is -4.52. The van der Waals surface area contributed by atoms with Crippen LogP contribution in [-0.2, 0) is 11.0 Å². The van der Waals surface area contributed by atoms with Crippen molar-refractivity contribution < 1.29 is 22.8 Å². The molecule has 2 amide bonds. The number of hydrogen-bond acceptors (Lipinski definition) is 3. The molecule has 0 heterocycles. The molecule has 0 radical (unpaired) electrons. The highest BCUT2D eigenvalue weighted by Crippen LogP contribution is 2.31. The molecule has 5 nitrogen and oxygen atoms in total. The van der Waals surface area contributed by atoms with Gasteiger partial charge in [-0.15, -0.1) is 0 Å². The standard InChI is InChI=1S/C22H16Cl2F3N3O2/c23-15-7-8-18(24)19(11-15)28-12-20(31)29-16-5-1-3-13(9-16)21(32)30-17-6-2-4-14(10-17)22(25,26)27/h1-11,28H,12H2,(H,29,31)(H,30,32). The first-order valence-electron chi connectivity index (χ1n) is 9.19. The average molecular weight is 482 g/mol. The quantitative estimate of drug-likeness (QED) is 0.386. The van der Waals surface area contributed by atoms with Crippen LogP contribution < -0.4 is 16.0 Å². The SMILES string of the molecule is O=C(CNc1cc(Cl)ccc1Cl)Nc1cccc(C(=O)Nc2cccc(C(F)(F)F)c2)c1. The van der Waals surface area contributed by atoms with E-state index < -0.39 is 23.6 Å². The lowest BCUT2D eigenvalue weighted by Gasteiger charge is -2.11. The zero-order valence-corrected chi connectivity index (χ0v) is 17.8. The largest absolute Gasteiger partial charge is 0.416 e. The first kappa shape index (κ1) is 23.4. The second kappa shape index (κ2) is 9.93. The van der Waals surface area contributed by atoms with Gasteiger partial charge in [-0.3, -0.25) is 9.59 Å². The fraction of sp³-hybridized carbons (Fsp3) is 0.0909. The van der Waals surface area contributed by atoms with E-state index in [0.29, 0.717) is 21.4 Å². The molecule has 0 aliphatic heterocycles. The van der Waals surface area contributed by atoms with Gasteiger partial charge in [0.25, 0.3) is 5.91 Å². The molecule has 0 atom stereocenters. The highest BCUT2D eigenvalue weighted by Gasteiger charge is 2.30. The summed E-state index contributed by atoms with van der Waals surface area (Å²) in [7, 11) is 0. The molecule has 0 aliphatic carbocycles. The van der Waals surface area contributed by atoms with Crippen LogP contribution in [0.5, 0.6) is 0 Å². The molecule has 0 saturated heterocycles. The van der Waals surface area contributed by atoms with Crippen LogP contribution in [0.4, 0.5) is 30.2 Å². The minimum absolute atomic E-state index is 0.00173. The van der Waals surface area contributed by atoms with Crippen molar-refractivity contribution in [3.63, 3.8) is 0 Å². The fourth-order valence-electron chi connectivity index (χ4n) is 2.73. The monoisotopic (exact) mass is 481 g/mol. The Balaban J connectivity index is 1.63. The van der Waals surface area contributed by atoms with Crippen molar-refractivity contribution in [1.82, 2.24) is 0 Å². The predicted octanol–water partition coefficient (Wildman–Crippen LogP) is 6.32. The van der Waals surface area contributed by atoms with E-state index in [4.69, 9.17) is 23.2 Å². The Kier molecular flexibility index (Phi) is 7.27. The summed E-state index contributed by atoms with van der Waals surface area (Å²) in [5.41, 5.74) is 0.116. The Morgan fingerprint density at radius 1 is 0.844 bits per heavy atom. The molecule has 0 aromatic heterocycles. The number of amides is 2. The van der Waals surface area contributed by atoms with Gasteiger partial charge in [0.2, 0.25) is 5.91 Å². The first-order valence-corrected chi connectivity index (χ1v) is 9.95. The number of rotatable bonds is 6. The number of benzene rings is 3. The Hall–Kier alpha value is -3.23. The maximum Gasteiger partial charge on any atom is 0.416 e. The molecule has 0 aliphatic rings. The van der Waals surface area contributed by atoms with Crippen molar-refractivity contribution in [2.45, 2.75) is 6.18 Å². The van der Waals surface area contributed by atoms with Crippen molar-refractivity contribution in [1.29, 1.82) is 0 Å². The molecule has 3 aromatic rings. The van der Waals surface area contributed by atoms with Gasteiger partial charge in [-0.2, -0.15) is 13.2 Å². The van der Waals surface area contributed by atoms with Crippen LogP contribution in [0.3, 0.4) is 0 Å². The number of alkyl halides is 3. The fourth-order valence-corrected chi connectivity index (χ4v) is 3.08. The molecule has 3 aromatic carbocycles. The van der Waals surface area contributed by atoms with Crippen molar-refractivity contribution in [2.24, 2.45) is 0 Å². The summed E-state index contributed by atoms with van der Waals surface area (Å²) in [5.74, 6) is -1.03. The molecule has 10 heteroatoms. The predicted molar refractivity (Wildman–Crippen MR) is 119 cm³/mol. The van der Waals surface area contributed by atoms with Crippen molar-refractivity contribution >= 4 is 52.1 Å². The molecule has 32 heavy (non-hydrogen) atoms. The molecule has 0 spiro atoms. The highest BCUT2D eigenvalue weighted by molar-refractivity contribution is 6.35.